The molecule has 0 radical (unpaired) electrons. The van der Waals surface area contributed by atoms with Crippen LogP contribution in [0.4, 0.5) is 0 Å². The van der Waals surface area contributed by atoms with Crippen LogP contribution in [0.5, 0.6) is 0 Å². The van der Waals surface area contributed by atoms with E-state index in [2.05, 4.69) is 41.4 Å². The van der Waals surface area contributed by atoms with E-state index >= 15 is 0 Å². The highest BCUT2D eigenvalue weighted by atomic mass is 16.4. The van der Waals surface area contributed by atoms with Gasteiger partial charge in [-0.15, -0.1) is 0 Å². The molecule has 1 aromatic rings. The van der Waals surface area contributed by atoms with Crippen molar-refractivity contribution in [2.45, 2.75) is 32.7 Å². The largest absolute Gasteiger partial charge is 0.443 e. The first kappa shape index (κ1) is 12.5. The topological polar surface area (TPSA) is 62.5 Å². The lowest BCUT2D eigenvalue weighted by atomic mass is 9.94. The Morgan fingerprint density at radius 1 is 1.50 bits per heavy atom. The average Bonchev–Trinajstić information content (AvgIpc) is 2.67. The maximum Gasteiger partial charge on any atom is 0.213 e. The van der Waals surface area contributed by atoms with E-state index in [1.807, 2.05) is 7.05 Å². The van der Waals surface area contributed by atoms with Crippen molar-refractivity contribution in [3.63, 3.8) is 0 Å². The lowest BCUT2D eigenvalue weighted by Crippen LogP contribution is -2.34. The van der Waals surface area contributed by atoms with Crippen molar-refractivity contribution < 1.29 is 4.42 Å². The van der Waals surface area contributed by atoms with Gasteiger partial charge in [0, 0.05) is 19.5 Å². The second kappa shape index (κ2) is 5.01. The third-order valence-corrected chi connectivity index (χ3v) is 2.16. The maximum atomic E-state index is 5.63. The molecule has 1 rings (SSSR count). The molecule has 0 aliphatic heterocycles. The van der Waals surface area contributed by atoms with E-state index in [0.717, 1.165) is 11.7 Å². The summed E-state index contributed by atoms with van der Waals surface area (Å²) in [5.41, 5.74) is -0.00404. The molecule has 0 atom stereocenters. The molecule has 0 aliphatic rings. The Hall–Kier alpha value is -1.52. The molecular weight excluding hydrogens is 204 g/mol. The van der Waals surface area contributed by atoms with Crippen LogP contribution in [-0.2, 0) is 12.0 Å². The third kappa shape index (κ3) is 3.25. The standard InChI is InChI=1S/C11H20N4O/c1-11(2,3)8-6-14-9(16-8)7-15-10(12-4)13-5/h6H,7H2,1-5H3,(H2,12,13,15). The Morgan fingerprint density at radius 2 is 2.19 bits per heavy atom. The van der Waals surface area contributed by atoms with Crippen molar-refractivity contribution in [2.24, 2.45) is 4.99 Å². The number of aromatic nitrogens is 1. The highest BCUT2D eigenvalue weighted by Gasteiger charge is 2.18. The second-order valence-electron chi connectivity index (χ2n) is 4.54. The molecule has 90 valence electrons. The fraction of sp³-hybridized carbons (Fsp3) is 0.636. The van der Waals surface area contributed by atoms with Gasteiger partial charge in [-0.05, 0) is 0 Å². The fourth-order valence-corrected chi connectivity index (χ4v) is 1.18. The number of aliphatic imine (C=N–C) groups is 1. The minimum absolute atomic E-state index is 0.00404. The van der Waals surface area contributed by atoms with Crippen molar-refractivity contribution in [3.05, 3.63) is 17.8 Å². The summed E-state index contributed by atoms with van der Waals surface area (Å²) < 4.78 is 5.63. The Morgan fingerprint density at radius 3 is 2.62 bits per heavy atom. The van der Waals surface area contributed by atoms with Crippen LogP contribution in [0.3, 0.4) is 0 Å². The first-order chi connectivity index (χ1) is 7.47. The zero-order valence-electron chi connectivity index (χ0n) is 10.6. The van der Waals surface area contributed by atoms with Gasteiger partial charge in [0.05, 0.1) is 12.7 Å². The molecular formula is C11H20N4O. The highest BCUT2D eigenvalue weighted by molar-refractivity contribution is 5.79. The monoisotopic (exact) mass is 224 g/mol. The van der Waals surface area contributed by atoms with Gasteiger partial charge in [0.25, 0.3) is 0 Å². The first-order valence-electron chi connectivity index (χ1n) is 5.31. The zero-order valence-corrected chi connectivity index (χ0v) is 10.6. The molecule has 0 saturated carbocycles. The Balaban J connectivity index is 2.60. The van der Waals surface area contributed by atoms with Crippen LogP contribution in [-0.4, -0.2) is 25.0 Å². The predicted molar refractivity (Wildman–Crippen MR) is 64.5 cm³/mol. The van der Waals surface area contributed by atoms with Crippen LogP contribution in [0, 0.1) is 0 Å². The van der Waals surface area contributed by atoms with Crippen molar-refractivity contribution in [3.8, 4) is 0 Å². The Labute approximate surface area is 96.4 Å². The van der Waals surface area contributed by atoms with Gasteiger partial charge in [-0.1, -0.05) is 20.8 Å². The normalized spacial score (nSPS) is 12.7. The molecule has 16 heavy (non-hydrogen) atoms. The smallest absolute Gasteiger partial charge is 0.213 e. The van der Waals surface area contributed by atoms with Crippen molar-refractivity contribution in [2.75, 3.05) is 14.1 Å². The minimum atomic E-state index is -0.00404. The number of rotatable bonds is 2. The second-order valence-corrected chi connectivity index (χ2v) is 4.54. The number of hydrogen-bond donors (Lipinski definition) is 2. The van der Waals surface area contributed by atoms with Crippen LogP contribution in [0.1, 0.15) is 32.4 Å². The van der Waals surface area contributed by atoms with E-state index in [9.17, 15) is 0 Å². The molecule has 0 saturated heterocycles. The highest BCUT2D eigenvalue weighted by Crippen LogP contribution is 2.22. The van der Waals surface area contributed by atoms with Gasteiger partial charge in [0.1, 0.15) is 5.76 Å². The fourth-order valence-electron chi connectivity index (χ4n) is 1.18. The molecule has 0 bridgehead atoms. The molecule has 0 amide bonds. The molecule has 0 aromatic carbocycles. The Kier molecular flexibility index (Phi) is 3.93. The van der Waals surface area contributed by atoms with Crippen LogP contribution >= 0.6 is 0 Å². The van der Waals surface area contributed by atoms with Gasteiger partial charge in [0.2, 0.25) is 5.89 Å². The minimum Gasteiger partial charge on any atom is -0.443 e. The van der Waals surface area contributed by atoms with E-state index < -0.39 is 0 Å². The van der Waals surface area contributed by atoms with Crippen LogP contribution in [0.25, 0.3) is 0 Å². The maximum absolute atomic E-state index is 5.63. The summed E-state index contributed by atoms with van der Waals surface area (Å²) in [6.07, 6.45) is 1.78. The molecule has 5 heteroatoms. The molecule has 0 aliphatic carbocycles. The summed E-state index contributed by atoms with van der Waals surface area (Å²) in [5.74, 6) is 2.28. The molecule has 0 fully saturated rings. The van der Waals surface area contributed by atoms with Gasteiger partial charge < -0.3 is 15.1 Å². The van der Waals surface area contributed by atoms with Crippen LogP contribution in [0.15, 0.2) is 15.6 Å². The first-order valence-corrected chi connectivity index (χ1v) is 5.31. The van der Waals surface area contributed by atoms with E-state index in [4.69, 9.17) is 4.42 Å². The molecule has 2 N–H and O–H groups in total. The molecule has 5 nitrogen and oxygen atoms in total. The zero-order chi connectivity index (χ0) is 12.2. The van der Waals surface area contributed by atoms with Gasteiger partial charge in [-0.2, -0.15) is 0 Å². The van der Waals surface area contributed by atoms with E-state index in [-0.39, 0.29) is 5.41 Å². The van der Waals surface area contributed by atoms with Gasteiger partial charge in [0.15, 0.2) is 5.96 Å². The third-order valence-electron chi connectivity index (χ3n) is 2.16. The summed E-state index contributed by atoms with van der Waals surface area (Å²) >= 11 is 0. The van der Waals surface area contributed by atoms with Crippen molar-refractivity contribution in [1.29, 1.82) is 0 Å². The summed E-state index contributed by atoms with van der Waals surface area (Å²) in [7, 11) is 3.53. The number of oxazole rings is 1. The van der Waals surface area contributed by atoms with Crippen LogP contribution < -0.4 is 10.6 Å². The van der Waals surface area contributed by atoms with E-state index in [0.29, 0.717) is 12.4 Å². The molecule has 1 aromatic heterocycles. The van der Waals surface area contributed by atoms with Gasteiger partial charge in [-0.25, -0.2) is 4.98 Å². The average molecular weight is 224 g/mol. The molecule has 1 heterocycles. The summed E-state index contributed by atoms with van der Waals surface area (Å²) in [4.78, 5) is 8.21. The summed E-state index contributed by atoms with van der Waals surface area (Å²) in [6.45, 7) is 6.81. The number of nitrogens with zero attached hydrogens (tertiary/aromatic N) is 2. The number of guanidine groups is 1. The number of nitrogens with one attached hydrogen (secondary N) is 2. The van der Waals surface area contributed by atoms with Crippen LogP contribution in [0.2, 0.25) is 0 Å². The lowest BCUT2D eigenvalue weighted by molar-refractivity contribution is 0.379. The predicted octanol–water partition coefficient (Wildman–Crippen LogP) is 1.27. The Bertz CT molecular complexity index is 362. The molecule has 0 spiro atoms. The van der Waals surface area contributed by atoms with Gasteiger partial charge >= 0.3 is 0 Å². The van der Waals surface area contributed by atoms with E-state index in [1.54, 1.807) is 13.2 Å². The summed E-state index contributed by atoms with van der Waals surface area (Å²) in [5, 5.41) is 6.01. The quantitative estimate of drug-likeness (QED) is 0.586. The lowest BCUT2D eigenvalue weighted by Gasteiger charge is -2.13. The van der Waals surface area contributed by atoms with Crippen molar-refractivity contribution in [1.82, 2.24) is 15.6 Å². The SMILES string of the molecule is CN=C(NC)NCc1ncc(C(C)(C)C)o1. The number of hydrogen-bond acceptors (Lipinski definition) is 3. The van der Waals surface area contributed by atoms with Crippen molar-refractivity contribution >= 4 is 5.96 Å². The summed E-state index contributed by atoms with van der Waals surface area (Å²) in [6, 6.07) is 0. The van der Waals surface area contributed by atoms with E-state index in [1.165, 1.54) is 0 Å². The molecule has 0 unspecified atom stereocenters. The van der Waals surface area contributed by atoms with Gasteiger partial charge in [-0.3, -0.25) is 4.99 Å².